The Balaban J connectivity index is 1.97. The second-order valence-corrected chi connectivity index (χ2v) is 11.5. The van der Waals surface area contributed by atoms with Crippen molar-refractivity contribution in [3.8, 4) is 5.75 Å². The van der Waals surface area contributed by atoms with Crippen LogP contribution in [0.4, 0.5) is 0 Å². The molecule has 0 aliphatic heterocycles. The summed E-state index contributed by atoms with van der Waals surface area (Å²) in [6.07, 6.45) is 0.320. The Hall–Kier alpha value is -2.29. The number of benzene rings is 3. The summed E-state index contributed by atoms with van der Waals surface area (Å²) in [4.78, 5) is 28.7. The summed E-state index contributed by atoms with van der Waals surface area (Å²) in [5, 5.41) is 3.88. The van der Waals surface area contributed by atoms with Crippen LogP contribution in [0.1, 0.15) is 31.9 Å². The Bertz CT molecular complexity index is 1160. The Kier molecular flexibility index (Phi) is 10.0. The van der Waals surface area contributed by atoms with E-state index < -0.39 is 11.6 Å². The van der Waals surface area contributed by atoms with E-state index in [0.29, 0.717) is 27.8 Å². The summed E-state index contributed by atoms with van der Waals surface area (Å²) >= 11 is 15.1. The van der Waals surface area contributed by atoms with Crippen LogP contribution in [0, 0.1) is 3.57 Å². The van der Waals surface area contributed by atoms with Crippen LogP contribution in [-0.4, -0.2) is 34.9 Å². The first-order valence-corrected chi connectivity index (χ1v) is 13.3. The summed E-state index contributed by atoms with van der Waals surface area (Å²) < 4.78 is 6.85. The number of hydrogen-bond donors (Lipinski definition) is 1. The van der Waals surface area contributed by atoms with E-state index >= 15 is 0 Å². The molecule has 190 valence electrons. The van der Waals surface area contributed by atoms with Crippen molar-refractivity contribution in [3.63, 3.8) is 0 Å². The molecule has 0 bridgehead atoms. The van der Waals surface area contributed by atoms with Crippen molar-refractivity contribution in [2.24, 2.45) is 0 Å². The molecular weight excluding hydrogens is 610 g/mol. The van der Waals surface area contributed by atoms with Crippen molar-refractivity contribution < 1.29 is 14.3 Å². The summed E-state index contributed by atoms with van der Waals surface area (Å²) in [7, 11) is 0. The van der Waals surface area contributed by atoms with Gasteiger partial charge in [-0.25, -0.2) is 0 Å². The van der Waals surface area contributed by atoms with E-state index in [4.69, 9.17) is 27.9 Å². The number of nitrogens with one attached hydrogen (secondary N) is 1. The van der Waals surface area contributed by atoms with E-state index in [1.807, 2.05) is 63.2 Å². The van der Waals surface area contributed by atoms with Gasteiger partial charge in [-0.05, 0) is 85.3 Å². The highest BCUT2D eigenvalue weighted by molar-refractivity contribution is 14.1. The monoisotopic (exact) mass is 638 g/mol. The second-order valence-electron chi connectivity index (χ2n) is 9.41. The number of rotatable bonds is 9. The van der Waals surface area contributed by atoms with Gasteiger partial charge in [0.1, 0.15) is 11.8 Å². The van der Waals surface area contributed by atoms with Gasteiger partial charge in [-0.15, -0.1) is 0 Å². The Morgan fingerprint density at radius 3 is 2.14 bits per heavy atom. The normalized spacial score (nSPS) is 12.1. The highest BCUT2D eigenvalue weighted by Crippen LogP contribution is 2.27. The maximum absolute atomic E-state index is 13.6. The molecule has 3 rings (SSSR count). The minimum absolute atomic E-state index is 0.0580. The minimum atomic E-state index is -0.813. The number of ether oxygens (including phenoxy) is 1. The average Bonchev–Trinajstić information content (AvgIpc) is 2.82. The van der Waals surface area contributed by atoms with Gasteiger partial charge in [-0.2, -0.15) is 0 Å². The lowest BCUT2D eigenvalue weighted by molar-refractivity contribution is -0.143. The SMILES string of the molecule is CC(C)(C)NC(=O)[C@H](Cc1ccccc1)N(Cc1c(Cl)cccc1Cl)C(=O)COc1ccc(I)cc1. The molecule has 2 amide bonds. The van der Waals surface area contributed by atoms with Crippen molar-refractivity contribution >= 4 is 57.6 Å². The topological polar surface area (TPSA) is 58.6 Å². The number of nitrogens with zero attached hydrogens (tertiary/aromatic N) is 1. The summed E-state index contributed by atoms with van der Waals surface area (Å²) in [6.45, 7) is 5.53. The van der Waals surface area contributed by atoms with Crippen LogP contribution in [0.5, 0.6) is 5.75 Å². The first kappa shape index (κ1) is 28.3. The largest absolute Gasteiger partial charge is 0.484 e. The van der Waals surface area contributed by atoms with Crippen LogP contribution in [0.2, 0.25) is 10.0 Å². The third-order valence-electron chi connectivity index (χ3n) is 5.34. The average molecular weight is 639 g/mol. The van der Waals surface area contributed by atoms with E-state index in [-0.39, 0.29) is 25.0 Å². The van der Waals surface area contributed by atoms with Crippen molar-refractivity contribution in [3.05, 3.63) is 97.5 Å². The van der Waals surface area contributed by atoms with Gasteiger partial charge in [0.05, 0.1) is 0 Å². The third-order valence-corrected chi connectivity index (χ3v) is 6.76. The molecule has 3 aromatic carbocycles. The summed E-state index contributed by atoms with van der Waals surface area (Å²) in [5.74, 6) is -0.0510. The molecule has 0 radical (unpaired) electrons. The molecule has 0 saturated carbocycles. The van der Waals surface area contributed by atoms with Crippen LogP contribution in [-0.2, 0) is 22.6 Å². The van der Waals surface area contributed by atoms with Crippen LogP contribution < -0.4 is 10.1 Å². The predicted molar refractivity (Wildman–Crippen MR) is 153 cm³/mol. The van der Waals surface area contributed by atoms with Crippen molar-refractivity contribution in [1.82, 2.24) is 10.2 Å². The van der Waals surface area contributed by atoms with E-state index in [1.165, 1.54) is 4.90 Å². The van der Waals surface area contributed by atoms with Gasteiger partial charge in [0.15, 0.2) is 6.61 Å². The van der Waals surface area contributed by atoms with Crippen LogP contribution >= 0.6 is 45.8 Å². The molecule has 3 aromatic rings. The Morgan fingerprint density at radius 2 is 1.56 bits per heavy atom. The van der Waals surface area contributed by atoms with Gasteiger partial charge in [-0.1, -0.05) is 59.6 Å². The van der Waals surface area contributed by atoms with Crippen molar-refractivity contribution in [2.75, 3.05) is 6.61 Å². The molecule has 0 spiro atoms. The van der Waals surface area contributed by atoms with E-state index in [9.17, 15) is 9.59 Å². The fourth-order valence-electron chi connectivity index (χ4n) is 3.62. The Labute approximate surface area is 236 Å². The molecule has 0 aliphatic carbocycles. The molecule has 0 saturated heterocycles. The van der Waals surface area contributed by atoms with Crippen molar-refractivity contribution in [1.29, 1.82) is 0 Å². The minimum Gasteiger partial charge on any atom is -0.484 e. The van der Waals surface area contributed by atoms with Crippen LogP contribution in [0.15, 0.2) is 72.8 Å². The third kappa shape index (κ3) is 8.39. The highest BCUT2D eigenvalue weighted by Gasteiger charge is 2.33. The molecule has 5 nitrogen and oxygen atoms in total. The number of carbonyl (C=O) groups excluding carboxylic acids is 2. The molecule has 0 aliphatic rings. The molecule has 8 heteroatoms. The number of halogens is 3. The van der Waals surface area contributed by atoms with Gasteiger partial charge in [-0.3, -0.25) is 9.59 Å². The lowest BCUT2D eigenvalue weighted by Crippen LogP contribution is -2.55. The molecule has 36 heavy (non-hydrogen) atoms. The van der Waals surface area contributed by atoms with Crippen LogP contribution in [0.25, 0.3) is 0 Å². The predicted octanol–water partition coefficient (Wildman–Crippen LogP) is 6.53. The first-order chi connectivity index (χ1) is 17.0. The smallest absolute Gasteiger partial charge is 0.261 e. The number of amides is 2. The molecule has 0 aromatic heterocycles. The van der Waals surface area contributed by atoms with E-state index in [0.717, 1.165) is 9.13 Å². The van der Waals surface area contributed by atoms with Gasteiger partial charge in [0, 0.05) is 37.7 Å². The molecule has 1 atom stereocenters. The number of carbonyl (C=O) groups is 2. The maximum Gasteiger partial charge on any atom is 0.261 e. The van der Waals surface area contributed by atoms with Gasteiger partial charge < -0.3 is 15.0 Å². The van der Waals surface area contributed by atoms with Gasteiger partial charge >= 0.3 is 0 Å². The van der Waals surface area contributed by atoms with E-state index in [2.05, 4.69) is 27.9 Å². The zero-order valence-corrected chi connectivity index (χ0v) is 24.1. The second kappa shape index (κ2) is 12.8. The first-order valence-electron chi connectivity index (χ1n) is 11.5. The number of hydrogen-bond acceptors (Lipinski definition) is 3. The van der Waals surface area contributed by atoms with E-state index in [1.54, 1.807) is 30.3 Å². The Morgan fingerprint density at radius 1 is 0.944 bits per heavy atom. The lowest BCUT2D eigenvalue weighted by Gasteiger charge is -2.34. The molecule has 0 fully saturated rings. The zero-order chi connectivity index (χ0) is 26.3. The summed E-state index contributed by atoms with van der Waals surface area (Å²) in [5.41, 5.74) is 1.01. The van der Waals surface area contributed by atoms with Gasteiger partial charge in [0.2, 0.25) is 5.91 Å². The summed E-state index contributed by atoms with van der Waals surface area (Å²) in [6, 6.07) is 21.4. The molecule has 0 heterocycles. The fourth-order valence-corrected chi connectivity index (χ4v) is 4.50. The standard InChI is InChI=1S/C28H29Cl2IN2O3/c1-28(2,3)32-27(35)25(16-19-8-5-4-6-9-19)33(17-22-23(29)10-7-11-24(22)30)26(34)18-36-21-14-12-20(31)13-15-21/h4-15,25H,16-18H2,1-3H3,(H,32,35)/t25-/m0/s1. The quantitative estimate of drug-likeness (QED) is 0.271. The molecular formula is C28H29Cl2IN2O3. The zero-order valence-electron chi connectivity index (χ0n) is 20.4. The highest BCUT2D eigenvalue weighted by atomic mass is 127. The fraction of sp³-hybridized carbons (Fsp3) is 0.286. The lowest BCUT2D eigenvalue weighted by atomic mass is 10.0. The molecule has 1 N–H and O–H groups in total. The van der Waals surface area contributed by atoms with Gasteiger partial charge in [0.25, 0.3) is 5.91 Å². The van der Waals surface area contributed by atoms with Crippen LogP contribution in [0.3, 0.4) is 0 Å². The molecule has 0 unspecified atom stereocenters. The van der Waals surface area contributed by atoms with Crippen molar-refractivity contribution in [2.45, 2.75) is 45.3 Å². The maximum atomic E-state index is 13.6.